The minimum atomic E-state index is -4.27. The van der Waals surface area contributed by atoms with Gasteiger partial charge in [0.25, 0.3) is 0 Å². The molecule has 3 aromatic rings. The predicted octanol–water partition coefficient (Wildman–Crippen LogP) is 5.72. The maximum atomic E-state index is 14.4. The van der Waals surface area contributed by atoms with E-state index in [9.17, 15) is 18.3 Å². The lowest BCUT2D eigenvalue weighted by atomic mass is 9.65. The lowest BCUT2D eigenvalue weighted by Crippen LogP contribution is -2.66. The van der Waals surface area contributed by atoms with Gasteiger partial charge in [-0.15, -0.1) is 0 Å². The molecule has 1 spiro atoms. The summed E-state index contributed by atoms with van der Waals surface area (Å²) in [5, 5.41) is 10.8. The molecule has 0 radical (unpaired) electrons. The fourth-order valence-electron chi connectivity index (χ4n) is 6.25. The number of aliphatic carboxylic acids is 1. The molecule has 1 aliphatic carbocycles. The SMILES string of the molecule is COc1ccc(-c2ccc(S(=O)(=O)N(Cc3ccccc3)C(C(=O)O)C3(C)CCCCC34OCCCO4)cc2)cc1. The maximum absolute atomic E-state index is 14.4. The Morgan fingerprint density at radius 1 is 0.902 bits per heavy atom. The number of carbonyl (C=O) groups is 1. The van der Waals surface area contributed by atoms with Crippen molar-refractivity contribution in [2.24, 2.45) is 5.41 Å². The molecule has 9 heteroatoms. The number of ether oxygens (including phenoxy) is 3. The number of carboxylic acid groups (broad SMARTS) is 1. The standard InChI is InChI=1S/C32H37NO7S/c1-31(19-6-7-20-32(31)39-21-8-22-40-32)29(30(34)35)33(23-24-9-4-3-5-10-24)41(36,37)28-17-13-26(14-18-28)25-11-15-27(38-2)16-12-25/h3-5,9-18,29H,6-8,19-23H2,1-2H3,(H,34,35). The molecular weight excluding hydrogens is 542 g/mol. The van der Waals surface area contributed by atoms with Crippen LogP contribution in [-0.4, -0.2) is 56.0 Å². The summed E-state index contributed by atoms with van der Waals surface area (Å²) in [7, 11) is -2.67. The summed E-state index contributed by atoms with van der Waals surface area (Å²) in [5.74, 6) is -1.67. The van der Waals surface area contributed by atoms with Crippen LogP contribution in [0.3, 0.4) is 0 Å². The third kappa shape index (κ3) is 5.64. The second-order valence-electron chi connectivity index (χ2n) is 11.0. The molecular formula is C32H37NO7S. The summed E-state index contributed by atoms with van der Waals surface area (Å²) in [4.78, 5) is 13.2. The van der Waals surface area contributed by atoms with Crippen LogP contribution in [0.15, 0.2) is 83.8 Å². The number of hydrogen-bond donors (Lipinski definition) is 1. The van der Waals surface area contributed by atoms with Crippen LogP contribution in [0.25, 0.3) is 11.1 Å². The molecule has 0 bridgehead atoms. The van der Waals surface area contributed by atoms with Crippen LogP contribution in [0.5, 0.6) is 5.75 Å². The van der Waals surface area contributed by atoms with Crippen LogP contribution in [-0.2, 0) is 30.8 Å². The largest absolute Gasteiger partial charge is 0.497 e. The third-order valence-corrected chi connectivity index (χ3v) is 10.3. The fraction of sp³-hybridized carbons (Fsp3) is 0.406. The highest BCUT2D eigenvalue weighted by molar-refractivity contribution is 7.89. The molecule has 3 aromatic carbocycles. The average Bonchev–Trinajstić information content (AvgIpc) is 2.99. The zero-order chi connectivity index (χ0) is 29.1. The van der Waals surface area contributed by atoms with Gasteiger partial charge in [0.15, 0.2) is 5.79 Å². The van der Waals surface area contributed by atoms with Crippen LogP contribution >= 0.6 is 0 Å². The van der Waals surface area contributed by atoms with Crippen molar-refractivity contribution in [3.63, 3.8) is 0 Å². The van der Waals surface area contributed by atoms with Gasteiger partial charge in [-0.1, -0.05) is 67.9 Å². The first-order valence-corrected chi connectivity index (χ1v) is 15.5. The minimum absolute atomic E-state index is 0.0240. The number of sulfonamides is 1. The Hall–Kier alpha value is -3.24. The normalized spacial score (nSPS) is 21.4. The Kier molecular flexibility index (Phi) is 8.52. The zero-order valence-corrected chi connectivity index (χ0v) is 24.3. The van der Waals surface area contributed by atoms with Gasteiger partial charge >= 0.3 is 5.97 Å². The Balaban J connectivity index is 1.58. The van der Waals surface area contributed by atoms with Crippen LogP contribution in [0, 0.1) is 5.41 Å². The summed E-state index contributed by atoms with van der Waals surface area (Å²) < 4.78 is 47.7. The highest BCUT2D eigenvalue weighted by Crippen LogP contribution is 2.53. The molecule has 1 saturated heterocycles. The van der Waals surface area contributed by atoms with Crippen molar-refractivity contribution >= 4 is 16.0 Å². The van der Waals surface area contributed by atoms with Crippen molar-refractivity contribution in [3.8, 4) is 16.9 Å². The van der Waals surface area contributed by atoms with Crippen molar-refractivity contribution in [2.45, 2.75) is 62.3 Å². The van der Waals surface area contributed by atoms with Gasteiger partial charge in [-0.25, -0.2) is 8.42 Å². The summed E-state index contributed by atoms with van der Waals surface area (Å²) >= 11 is 0. The first-order valence-electron chi connectivity index (χ1n) is 14.0. The number of carboxylic acids is 1. The first-order chi connectivity index (χ1) is 19.7. The van der Waals surface area contributed by atoms with Crippen LogP contribution in [0.4, 0.5) is 0 Å². The Labute approximate surface area is 241 Å². The highest BCUT2D eigenvalue weighted by atomic mass is 32.2. The molecule has 2 atom stereocenters. The molecule has 5 rings (SSSR count). The molecule has 41 heavy (non-hydrogen) atoms. The number of rotatable bonds is 9. The topological polar surface area (TPSA) is 102 Å². The first kappa shape index (κ1) is 29.3. The zero-order valence-electron chi connectivity index (χ0n) is 23.5. The molecule has 2 unspecified atom stereocenters. The lowest BCUT2D eigenvalue weighted by Gasteiger charge is -2.56. The number of nitrogens with zero attached hydrogens (tertiary/aromatic N) is 1. The van der Waals surface area contributed by atoms with E-state index in [0.29, 0.717) is 38.0 Å². The molecule has 0 amide bonds. The summed E-state index contributed by atoms with van der Waals surface area (Å²) in [6.45, 7) is 2.60. The van der Waals surface area contributed by atoms with Gasteiger partial charge in [-0.2, -0.15) is 4.31 Å². The number of methoxy groups -OCH3 is 1. The van der Waals surface area contributed by atoms with Gasteiger partial charge < -0.3 is 19.3 Å². The Bertz CT molecular complexity index is 1430. The van der Waals surface area contributed by atoms with Gasteiger partial charge in [-0.3, -0.25) is 4.79 Å². The molecule has 8 nitrogen and oxygen atoms in total. The van der Waals surface area contributed by atoms with Gasteiger partial charge in [0.05, 0.1) is 25.2 Å². The van der Waals surface area contributed by atoms with E-state index in [1.807, 2.05) is 49.4 Å². The van der Waals surface area contributed by atoms with Gasteiger partial charge in [0.2, 0.25) is 10.0 Å². The Morgan fingerprint density at radius 3 is 2.07 bits per heavy atom. The van der Waals surface area contributed by atoms with Crippen molar-refractivity contribution in [1.29, 1.82) is 0 Å². The summed E-state index contributed by atoms with van der Waals surface area (Å²) in [6, 6.07) is 21.7. The molecule has 1 heterocycles. The van der Waals surface area contributed by atoms with E-state index in [1.54, 1.807) is 43.5 Å². The smallest absolute Gasteiger partial charge is 0.322 e. The minimum Gasteiger partial charge on any atom is -0.497 e. The van der Waals surface area contributed by atoms with Crippen molar-refractivity contribution in [2.75, 3.05) is 20.3 Å². The molecule has 0 aromatic heterocycles. The molecule has 2 aliphatic rings. The van der Waals surface area contributed by atoms with Crippen LogP contribution in [0.2, 0.25) is 0 Å². The van der Waals surface area contributed by atoms with Gasteiger partial charge in [0, 0.05) is 18.4 Å². The molecule has 1 aliphatic heterocycles. The van der Waals surface area contributed by atoms with Gasteiger partial charge in [-0.05, 0) is 60.2 Å². The molecule has 218 valence electrons. The second kappa shape index (κ2) is 11.9. The van der Waals surface area contributed by atoms with E-state index in [1.165, 1.54) is 0 Å². The van der Waals surface area contributed by atoms with E-state index in [0.717, 1.165) is 34.0 Å². The maximum Gasteiger partial charge on any atom is 0.322 e. The summed E-state index contributed by atoms with van der Waals surface area (Å²) in [5.41, 5.74) is 1.31. The van der Waals surface area contributed by atoms with E-state index in [2.05, 4.69) is 0 Å². The van der Waals surface area contributed by atoms with Crippen LogP contribution < -0.4 is 4.74 Å². The lowest BCUT2D eigenvalue weighted by molar-refractivity contribution is -0.340. The second-order valence-corrected chi connectivity index (χ2v) is 12.8. The van der Waals surface area contributed by atoms with Crippen molar-refractivity contribution in [3.05, 3.63) is 84.4 Å². The van der Waals surface area contributed by atoms with Gasteiger partial charge in [0.1, 0.15) is 11.8 Å². The fourth-order valence-corrected chi connectivity index (χ4v) is 7.92. The van der Waals surface area contributed by atoms with E-state index >= 15 is 0 Å². The number of hydrogen-bond acceptors (Lipinski definition) is 6. The molecule has 1 N–H and O–H groups in total. The van der Waals surface area contributed by atoms with Crippen molar-refractivity contribution < 1.29 is 32.5 Å². The average molecular weight is 580 g/mol. The number of benzene rings is 3. The van der Waals surface area contributed by atoms with E-state index < -0.39 is 33.2 Å². The Morgan fingerprint density at radius 2 is 1.49 bits per heavy atom. The highest BCUT2D eigenvalue weighted by Gasteiger charge is 2.62. The third-order valence-electron chi connectivity index (χ3n) is 8.47. The monoisotopic (exact) mass is 579 g/mol. The van der Waals surface area contributed by atoms with Crippen molar-refractivity contribution in [1.82, 2.24) is 4.31 Å². The van der Waals surface area contributed by atoms with Crippen LogP contribution in [0.1, 0.15) is 44.6 Å². The summed E-state index contributed by atoms with van der Waals surface area (Å²) in [6.07, 6.45) is 3.26. The van der Waals surface area contributed by atoms with E-state index in [4.69, 9.17) is 14.2 Å². The molecule has 1 saturated carbocycles. The predicted molar refractivity (Wildman–Crippen MR) is 155 cm³/mol. The quantitative estimate of drug-likeness (QED) is 0.346. The van der Waals surface area contributed by atoms with E-state index in [-0.39, 0.29) is 11.4 Å². The molecule has 2 fully saturated rings.